The minimum absolute atomic E-state index is 0.00277. The maximum absolute atomic E-state index is 12.3. The summed E-state index contributed by atoms with van der Waals surface area (Å²) in [5, 5.41) is 34.5. The van der Waals surface area contributed by atoms with E-state index in [0.717, 1.165) is 28.3 Å². The van der Waals surface area contributed by atoms with Crippen LogP contribution in [0.1, 0.15) is 35.1 Å². The predicted octanol–water partition coefficient (Wildman–Crippen LogP) is 3.93. The molecular formula is C26H26N2O7. The lowest BCUT2D eigenvalue weighted by Crippen LogP contribution is -2.30. The van der Waals surface area contributed by atoms with Crippen LogP contribution in [0.2, 0.25) is 0 Å². The van der Waals surface area contributed by atoms with E-state index in [2.05, 4.69) is 17.4 Å². The summed E-state index contributed by atoms with van der Waals surface area (Å²) in [5.74, 6) is 0.147. The molecule has 3 N–H and O–H groups in total. The Labute approximate surface area is 202 Å². The number of carbonyl (C=O) groups excluding carboxylic acids is 1. The lowest BCUT2D eigenvalue weighted by Gasteiger charge is -2.20. The van der Waals surface area contributed by atoms with Crippen LogP contribution in [0.5, 0.6) is 5.75 Å². The van der Waals surface area contributed by atoms with Crippen LogP contribution in [0.4, 0.5) is 10.5 Å². The van der Waals surface area contributed by atoms with Crippen LogP contribution in [0.25, 0.3) is 11.1 Å². The van der Waals surface area contributed by atoms with Crippen LogP contribution in [-0.4, -0.2) is 47.6 Å². The van der Waals surface area contributed by atoms with Crippen LogP contribution in [-0.2, 0) is 4.74 Å². The Morgan fingerprint density at radius 3 is 2.29 bits per heavy atom. The van der Waals surface area contributed by atoms with Crippen LogP contribution in [0.15, 0.2) is 66.7 Å². The lowest BCUT2D eigenvalue weighted by molar-refractivity contribution is -0.385. The van der Waals surface area contributed by atoms with Crippen molar-refractivity contribution in [3.8, 4) is 16.9 Å². The fourth-order valence-electron chi connectivity index (χ4n) is 4.40. The Morgan fingerprint density at radius 2 is 1.69 bits per heavy atom. The van der Waals surface area contributed by atoms with Gasteiger partial charge >= 0.3 is 6.09 Å². The smallest absolute Gasteiger partial charge is 0.407 e. The number of carbonyl (C=O) groups is 1. The summed E-state index contributed by atoms with van der Waals surface area (Å²) in [4.78, 5) is 22.7. The van der Waals surface area contributed by atoms with Crippen molar-refractivity contribution in [2.75, 3.05) is 20.3 Å². The SMILES string of the molecule is COc1ccc([N+](=O)[O-])cc1C(O)C(O)CCNC(=O)OCC1c2ccccc2-c2ccccc21. The Kier molecular flexibility index (Phi) is 7.28. The Hall–Kier alpha value is -3.95. The molecule has 0 bridgehead atoms. The number of nitrogens with zero attached hydrogens (tertiary/aromatic N) is 1. The van der Waals surface area contributed by atoms with E-state index in [0.29, 0.717) is 0 Å². The number of hydrogen-bond donors (Lipinski definition) is 3. The van der Waals surface area contributed by atoms with Crippen molar-refractivity contribution in [2.24, 2.45) is 0 Å². The van der Waals surface area contributed by atoms with Crippen molar-refractivity contribution in [1.29, 1.82) is 0 Å². The molecule has 3 aromatic carbocycles. The summed E-state index contributed by atoms with van der Waals surface area (Å²) >= 11 is 0. The summed E-state index contributed by atoms with van der Waals surface area (Å²) in [6, 6.07) is 19.8. The lowest BCUT2D eigenvalue weighted by atomic mass is 9.98. The zero-order chi connectivity index (χ0) is 24.9. The van der Waals surface area contributed by atoms with Crippen molar-refractivity contribution in [2.45, 2.75) is 24.5 Å². The number of rotatable bonds is 9. The van der Waals surface area contributed by atoms with Crippen molar-refractivity contribution in [1.82, 2.24) is 5.32 Å². The second kappa shape index (κ2) is 10.5. The first kappa shape index (κ1) is 24.2. The molecule has 3 aromatic rings. The van der Waals surface area contributed by atoms with Crippen molar-refractivity contribution in [3.05, 3.63) is 93.5 Å². The van der Waals surface area contributed by atoms with Gasteiger partial charge in [0.1, 0.15) is 18.5 Å². The zero-order valence-corrected chi connectivity index (χ0v) is 19.1. The Bertz CT molecular complexity index is 1180. The number of nitrogens with one attached hydrogen (secondary N) is 1. The fourth-order valence-corrected chi connectivity index (χ4v) is 4.40. The molecule has 0 radical (unpaired) electrons. The first-order chi connectivity index (χ1) is 16.9. The van der Waals surface area contributed by atoms with Crippen molar-refractivity contribution < 1.29 is 29.4 Å². The van der Waals surface area contributed by atoms with E-state index < -0.39 is 23.2 Å². The number of nitro groups is 1. The maximum atomic E-state index is 12.3. The van der Waals surface area contributed by atoms with E-state index in [-0.39, 0.29) is 42.5 Å². The maximum Gasteiger partial charge on any atom is 0.407 e. The molecule has 0 heterocycles. The number of aliphatic hydroxyl groups is 2. The minimum Gasteiger partial charge on any atom is -0.496 e. The quantitative estimate of drug-likeness (QED) is 0.314. The molecule has 4 rings (SSSR count). The molecule has 1 amide bonds. The molecule has 1 aliphatic carbocycles. The highest BCUT2D eigenvalue weighted by molar-refractivity contribution is 5.79. The fraction of sp³-hybridized carbons (Fsp3) is 0.269. The average molecular weight is 479 g/mol. The topological polar surface area (TPSA) is 131 Å². The molecule has 0 fully saturated rings. The molecule has 2 atom stereocenters. The standard InChI is InChI=1S/C26H26N2O7/c1-34-24-11-10-16(28(32)33)14-21(24)25(30)23(29)12-13-27-26(31)35-15-22-19-8-4-2-6-17(19)18-7-3-5-9-20(18)22/h2-11,14,22-23,25,29-30H,12-13,15H2,1H3,(H,27,31). The molecule has 0 saturated carbocycles. The molecule has 182 valence electrons. The van der Waals surface area contributed by atoms with Crippen molar-refractivity contribution in [3.63, 3.8) is 0 Å². The van der Waals surface area contributed by atoms with Gasteiger partial charge in [-0.1, -0.05) is 48.5 Å². The van der Waals surface area contributed by atoms with Crippen LogP contribution in [0.3, 0.4) is 0 Å². The molecule has 0 saturated heterocycles. The molecule has 0 aromatic heterocycles. The van der Waals surface area contributed by atoms with Crippen molar-refractivity contribution >= 4 is 11.8 Å². The highest BCUT2D eigenvalue weighted by atomic mass is 16.6. The first-order valence-electron chi connectivity index (χ1n) is 11.2. The van der Waals surface area contributed by atoms with Gasteiger partial charge in [0.25, 0.3) is 5.69 Å². The summed E-state index contributed by atoms with van der Waals surface area (Å²) in [7, 11) is 1.36. The first-order valence-corrected chi connectivity index (χ1v) is 11.2. The summed E-state index contributed by atoms with van der Waals surface area (Å²) in [6.07, 6.45) is -3.37. The van der Waals surface area contributed by atoms with Gasteiger partial charge in [-0.05, 0) is 34.7 Å². The number of alkyl carbamates (subject to hydrolysis) is 1. The zero-order valence-electron chi connectivity index (χ0n) is 19.1. The molecule has 9 heteroatoms. The third-order valence-electron chi connectivity index (χ3n) is 6.16. The highest BCUT2D eigenvalue weighted by Gasteiger charge is 2.29. The van der Waals surface area contributed by atoms with E-state index in [1.54, 1.807) is 0 Å². The van der Waals surface area contributed by atoms with Gasteiger partial charge in [0, 0.05) is 30.2 Å². The largest absolute Gasteiger partial charge is 0.496 e. The second-order valence-corrected chi connectivity index (χ2v) is 8.24. The molecule has 1 aliphatic rings. The number of non-ortho nitro benzene ring substituents is 1. The highest BCUT2D eigenvalue weighted by Crippen LogP contribution is 2.44. The third kappa shape index (κ3) is 5.11. The Balaban J connectivity index is 1.31. The van der Waals surface area contributed by atoms with Gasteiger partial charge in [0.2, 0.25) is 0 Å². The van der Waals surface area contributed by atoms with Gasteiger partial charge in [-0.25, -0.2) is 4.79 Å². The van der Waals surface area contributed by atoms with Gasteiger partial charge in [-0.2, -0.15) is 0 Å². The Morgan fingerprint density at radius 1 is 1.06 bits per heavy atom. The van der Waals surface area contributed by atoms with Gasteiger partial charge in [0.15, 0.2) is 0 Å². The summed E-state index contributed by atoms with van der Waals surface area (Å²) in [6.45, 7) is 0.196. The molecule has 9 nitrogen and oxygen atoms in total. The van der Waals surface area contributed by atoms with E-state index in [4.69, 9.17) is 9.47 Å². The van der Waals surface area contributed by atoms with Crippen LogP contribution >= 0.6 is 0 Å². The van der Waals surface area contributed by atoms with E-state index in [1.807, 2.05) is 36.4 Å². The predicted molar refractivity (Wildman–Crippen MR) is 128 cm³/mol. The minimum atomic E-state index is -1.44. The second-order valence-electron chi connectivity index (χ2n) is 8.24. The monoisotopic (exact) mass is 478 g/mol. The molecular weight excluding hydrogens is 452 g/mol. The number of benzene rings is 3. The molecule has 0 spiro atoms. The number of nitro benzene ring substituents is 1. The van der Waals surface area contributed by atoms with Gasteiger partial charge < -0.3 is 25.0 Å². The number of ether oxygens (including phenoxy) is 2. The van der Waals surface area contributed by atoms with Crippen LogP contribution < -0.4 is 10.1 Å². The number of amides is 1. The summed E-state index contributed by atoms with van der Waals surface area (Å²) in [5.41, 5.74) is 4.33. The van der Waals surface area contributed by atoms with Gasteiger partial charge in [-0.15, -0.1) is 0 Å². The normalized spacial score (nSPS) is 13.9. The molecule has 35 heavy (non-hydrogen) atoms. The van der Waals surface area contributed by atoms with Gasteiger partial charge in [0.05, 0.1) is 18.1 Å². The van der Waals surface area contributed by atoms with E-state index in [1.165, 1.54) is 19.2 Å². The average Bonchev–Trinajstić information content (AvgIpc) is 3.20. The number of methoxy groups -OCH3 is 1. The van der Waals surface area contributed by atoms with E-state index >= 15 is 0 Å². The number of hydrogen-bond acceptors (Lipinski definition) is 7. The molecule has 0 aliphatic heterocycles. The molecule has 2 unspecified atom stereocenters. The number of fused-ring (bicyclic) bond motifs is 3. The van der Waals surface area contributed by atoms with Crippen LogP contribution in [0, 0.1) is 10.1 Å². The number of aliphatic hydroxyl groups excluding tert-OH is 2. The third-order valence-corrected chi connectivity index (χ3v) is 6.16. The van der Waals surface area contributed by atoms with Gasteiger partial charge in [-0.3, -0.25) is 10.1 Å². The summed E-state index contributed by atoms with van der Waals surface area (Å²) < 4.78 is 10.6. The van der Waals surface area contributed by atoms with E-state index in [9.17, 15) is 25.1 Å².